The zero-order valence-electron chi connectivity index (χ0n) is 22.1. The lowest BCUT2D eigenvalue weighted by atomic mass is 10.0. The first-order chi connectivity index (χ1) is 18.4. The van der Waals surface area contributed by atoms with Gasteiger partial charge in [-0.05, 0) is 61.4 Å². The Hall–Kier alpha value is -4.54. The summed E-state index contributed by atoms with van der Waals surface area (Å²) in [5, 5.41) is 8.63. The predicted molar refractivity (Wildman–Crippen MR) is 147 cm³/mol. The Morgan fingerprint density at radius 2 is 1.79 bits per heavy atom. The van der Waals surface area contributed by atoms with Gasteiger partial charge >= 0.3 is 6.18 Å². The van der Waals surface area contributed by atoms with Crippen molar-refractivity contribution in [1.82, 2.24) is 19.6 Å². The lowest BCUT2D eigenvalue weighted by Crippen LogP contribution is -2.12. The van der Waals surface area contributed by atoms with E-state index in [4.69, 9.17) is 10.5 Å². The molecule has 202 valence electrons. The lowest BCUT2D eigenvalue weighted by Gasteiger charge is -2.19. The van der Waals surface area contributed by atoms with Crippen molar-refractivity contribution in [1.29, 1.82) is 0 Å². The van der Waals surface area contributed by atoms with Crippen molar-refractivity contribution >= 4 is 33.7 Å². The third-order valence-electron chi connectivity index (χ3n) is 6.50. The number of alkyl halides is 3. The quantitative estimate of drug-likeness (QED) is 0.254. The summed E-state index contributed by atoms with van der Waals surface area (Å²) in [5.41, 5.74) is 8.71. The number of methoxy groups -OCH3 is 1. The lowest BCUT2D eigenvalue weighted by molar-refractivity contribution is -0.137. The van der Waals surface area contributed by atoms with Gasteiger partial charge in [-0.15, -0.1) is 0 Å². The molecule has 0 amide bonds. The number of anilines is 3. The van der Waals surface area contributed by atoms with Crippen molar-refractivity contribution in [3.05, 3.63) is 71.7 Å². The van der Waals surface area contributed by atoms with Crippen LogP contribution in [0.5, 0.6) is 5.75 Å². The van der Waals surface area contributed by atoms with Gasteiger partial charge in [0.05, 0.1) is 24.2 Å². The fraction of sp³-hybridized carbons (Fsp3) is 0.250. The molecule has 39 heavy (non-hydrogen) atoms. The zero-order valence-corrected chi connectivity index (χ0v) is 22.1. The highest BCUT2D eigenvalue weighted by Gasteiger charge is 2.31. The van der Waals surface area contributed by atoms with Gasteiger partial charge in [0.2, 0.25) is 0 Å². The molecule has 0 spiro atoms. The third-order valence-corrected chi connectivity index (χ3v) is 6.50. The summed E-state index contributed by atoms with van der Waals surface area (Å²) in [7, 11) is 5.45. The molecule has 2 aromatic carbocycles. The average molecular weight is 536 g/mol. The molecule has 0 radical (unpaired) electrons. The summed E-state index contributed by atoms with van der Waals surface area (Å²) in [6.45, 7) is 3.53. The molecule has 3 heterocycles. The number of halogens is 3. The maximum Gasteiger partial charge on any atom is 0.416 e. The first-order valence-electron chi connectivity index (χ1n) is 12.2. The third kappa shape index (κ3) is 5.12. The van der Waals surface area contributed by atoms with Crippen LogP contribution in [0.1, 0.15) is 29.9 Å². The number of nitrogens with zero attached hydrogens (tertiary/aromatic N) is 5. The summed E-state index contributed by atoms with van der Waals surface area (Å²) in [6, 6.07) is 12.7. The molecule has 5 aromatic rings. The number of pyridine rings is 1. The Bertz CT molecular complexity index is 1700. The van der Waals surface area contributed by atoms with Crippen molar-refractivity contribution in [2.24, 2.45) is 0 Å². The number of hydrogen-bond acceptors (Lipinski definition) is 7. The van der Waals surface area contributed by atoms with Crippen LogP contribution in [0.15, 0.2) is 54.7 Å². The van der Waals surface area contributed by atoms with Gasteiger partial charge < -0.3 is 20.7 Å². The van der Waals surface area contributed by atoms with Crippen molar-refractivity contribution in [3.63, 3.8) is 0 Å². The van der Waals surface area contributed by atoms with Crippen LogP contribution >= 0.6 is 0 Å². The number of aryl methyl sites for hydroxylation is 1. The fourth-order valence-corrected chi connectivity index (χ4v) is 4.50. The van der Waals surface area contributed by atoms with Crippen LogP contribution < -0.4 is 20.7 Å². The Morgan fingerprint density at radius 3 is 2.49 bits per heavy atom. The number of nitrogens with one attached hydrogen (secondary N) is 1. The number of rotatable bonds is 6. The highest BCUT2D eigenvalue weighted by atomic mass is 19.4. The molecule has 0 aliphatic carbocycles. The Kier molecular flexibility index (Phi) is 6.45. The van der Waals surface area contributed by atoms with Crippen LogP contribution in [0.4, 0.5) is 30.5 Å². The largest absolute Gasteiger partial charge is 0.494 e. The summed E-state index contributed by atoms with van der Waals surface area (Å²) in [5.74, 6) is 2.50. The van der Waals surface area contributed by atoms with E-state index in [1.54, 1.807) is 25.5 Å². The Balaban J connectivity index is 1.57. The van der Waals surface area contributed by atoms with Crippen LogP contribution in [0.25, 0.3) is 27.5 Å². The minimum atomic E-state index is -4.50. The van der Waals surface area contributed by atoms with Crippen molar-refractivity contribution in [2.45, 2.75) is 26.1 Å². The first kappa shape index (κ1) is 26.1. The number of fused-ring (bicyclic) bond motifs is 2. The van der Waals surface area contributed by atoms with Crippen molar-refractivity contribution < 1.29 is 17.9 Å². The van der Waals surface area contributed by atoms with Crippen LogP contribution in [-0.4, -0.2) is 40.8 Å². The van der Waals surface area contributed by atoms with Gasteiger partial charge in [-0.3, -0.25) is 0 Å². The molecule has 0 saturated carbocycles. The second-order valence-electron chi connectivity index (χ2n) is 9.63. The molecule has 0 saturated heterocycles. The monoisotopic (exact) mass is 535 g/mol. The molecule has 8 nitrogen and oxygen atoms in total. The summed E-state index contributed by atoms with van der Waals surface area (Å²) in [4.78, 5) is 11.0. The maximum absolute atomic E-state index is 13.4. The molecule has 0 fully saturated rings. The van der Waals surface area contributed by atoms with E-state index in [0.717, 1.165) is 40.0 Å². The van der Waals surface area contributed by atoms with Gasteiger partial charge in [0.1, 0.15) is 22.9 Å². The van der Waals surface area contributed by atoms with Gasteiger partial charge in [0.25, 0.3) is 0 Å². The van der Waals surface area contributed by atoms with Crippen molar-refractivity contribution in [2.75, 3.05) is 37.2 Å². The van der Waals surface area contributed by atoms with Crippen molar-refractivity contribution in [3.8, 4) is 16.9 Å². The molecule has 1 unspecified atom stereocenters. The van der Waals surface area contributed by atoms with Crippen LogP contribution in [-0.2, 0) is 6.18 Å². The SMILES string of the molecule is COc1cc(-c2ccc3nc(C)nc(NC(C)c4cc(N)cc(C(F)(F)F)c4)c3c2)cn2nc(N(C)C)cc12. The predicted octanol–water partition coefficient (Wildman–Crippen LogP) is 6.10. The Labute approximate surface area is 223 Å². The summed E-state index contributed by atoms with van der Waals surface area (Å²) in [6.07, 6.45) is -2.58. The summed E-state index contributed by atoms with van der Waals surface area (Å²) >= 11 is 0. The molecule has 5 rings (SSSR count). The number of ether oxygens (including phenoxy) is 1. The highest BCUT2D eigenvalue weighted by molar-refractivity contribution is 5.93. The first-order valence-corrected chi connectivity index (χ1v) is 12.2. The summed E-state index contributed by atoms with van der Waals surface area (Å²) < 4.78 is 47.6. The average Bonchev–Trinajstić information content (AvgIpc) is 3.32. The standard InChI is InChI=1S/C28H28F3N7O/c1-15(18-8-20(28(29,30)31)12-21(32)9-18)33-27-22-10-17(6-7-23(22)34-16(2)35-27)19-11-25(39-5)24-13-26(37(3)4)36-38(24)14-19/h6-15H,32H2,1-5H3,(H,33,34,35). The number of nitrogens with two attached hydrogens (primary N) is 1. The molecule has 3 N–H and O–H groups in total. The van der Waals surface area contributed by atoms with Crippen LogP contribution in [0.3, 0.4) is 0 Å². The smallest absolute Gasteiger partial charge is 0.416 e. The van der Waals surface area contributed by atoms with E-state index in [2.05, 4.69) is 20.4 Å². The van der Waals surface area contributed by atoms with Gasteiger partial charge in [-0.2, -0.15) is 18.3 Å². The number of hydrogen-bond donors (Lipinski definition) is 2. The maximum atomic E-state index is 13.4. The van der Waals surface area contributed by atoms with E-state index in [1.165, 1.54) is 6.07 Å². The van der Waals surface area contributed by atoms with Gasteiger partial charge in [-0.25, -0.2) is 14.5 Å². The molecule has 11 heteroatoms. The van der Waals surface area contributed by atoms with E-state index < -0.39 is 17.8 Å². The topological polar surface area (TPSA) is 93.6 Å². The molecule has 0 aliphatic rings. The number of benzene rings is 2. The van der Waals surface area contributed by atoms with E-state index in [-0.39, 0.29) is 5.69 Å². The Morgan fingerprint density at radius 1 is 1.03 bits per heavy atom. The normalized spacial score (nSPS) is 12.6. The zero-order chi connectivity index (χ0) is 28.1. The minimum absolute atomic E-state index is 0.0415. The van der Waals surface area contributed by atoms with E-state index in [1.807, 2.05) is 55.5 Å². The molecule has 1 atom stereocenters. The van der Waals surface area contributed by atoms with E-state index >= 15 is 0 Å². The molecule has 3 aromatic heterocycles. The number of nitrogen functional groups attached to an aromatic ring is 1. The molecule has 0 bridgehead atoms. The van der Waals surface area contributed by atoms with E-state index in [0.29, 0.717) is 28.5 Å². The van der Waals surface area contributed by atoms with Crippen LogP contribution in [0, 0.1) is 6.92 Å². The molecular weight excluding hydrogens is 507 g/mol. The fourth-order valence-electron chi connectivity index (χ4n) is 4.50. The van der Waals surface area contributed by atoms with E-state index in [9.17, 15) is 13.2 Å². The van der Waals surface area contributed by atoms with Gasteiger partial charge in [-0.1, -0.05) is 6.07 Å². The molecular formula is C28H28F3N7O. The highest BCUT2D eigenvalue weighted by Crippen LogP contribution is 2.35. The van der Waals surface area contributed by atoms with Gasteiger partial charge in [0.15, 0.2) is 5.82 Å². The minimum Gasteiger partial charge on any atom is -0.494 e. The second-order valence-corrected chi connectivity index (χ2v) is 9.63. The van der Waals surface area contributed by atoms with Gasteiger partial charge in [0, 0.05) is 43.0 Å². The number of aromatic nitrogens is 4. The molecule has 0 aliphatic heterocycles. The second kappa shape index (κ2) is 9.64. The van der Waals surface area contributed by atoms with Crippen LogP contribution in [0.2, 0.25) is 0 Å².